The molecule has 4 aliphatic rings. The van der Waals surface area contributed by atoms with Gasteiger partial charge in [-0.3, -0.25) is 0 Å². The predicted octanol–water partition coefficient (Wildman–Crippen LogP) is 1.43. The third-order valence-corrected chi connectivity index (χ3v) is 6.70. The van der Waals surface area contributed by atoms with Crippen LogP contribution in [-0.4, -0.2) is 46.5 Å². The quantitative estimate of drug-likeness (QED) is 0.753. The highest BCUT2D eigenvalue weighted by molar-refractivity contribution is 5.62. The number of rotatable bonds is 1. The molecule has 6 nitrogen and oxygen atoms in total. The summed E-state index contributed by atoms with van der Waals surface area (Å²) in [6, 6.07) is 5.13. The van der Waals surface area contributed by atoms with Crippen LogP contribution in [0.2, 0.25) is 0 Å². The second kappa shape index (κ2) is 4.48. The number of aliphatic hydroxyl groups excluding tert-OH is 1. The van der Waals surface area contributed by atoms with E-state index >= 15 is 0 Å². The summed E-state index contributed by atoms with van der Waals surface area (Å²) in [5, 5.41) is 30.5. The van der Waals surface area contributed by atoms with Gasteiger partial charge in [-0.15, -0.1) is 5.26 Å². The highest BCUT2D eigenvalue weighted by Crippen LogP contribution is 2.64. The van der Waals surface area contributed by atoms with Gasteiger partial charge in [0.1, 0.15) is 11.9 Å². The first-order valence-electron chi connectivity index (χ1n) is 8.55. The van der Waals surface area contributed by atoms with E-state index in [1.807, 2.05) is 12.1 Å². The SMILES string of the molecule is CN1CC[C@]23c4c5c[c]c(OC#N)c4O[C@H]2[C@@](C)(O)C(O)=C[C@H]3[C@H]1C5. The monoisotopic (exact) mass is 339 g/mol. The van der Waals surface area contributed by atoms with Crippen LogP contribution in [0.15, 0.2) is 17.9 Å². The van der Waals surface area contributed by atoms with Crippen LogP contribution in [-0.2, 0) is 11.8 Å². The fourth-order valence-corrected chi connectivity index (χ4v) is 5.58. The highest BCUT2D eigenvalue weighted by Gasteiger charge is 2.68. The van der Waals surface area contributed by atoms with E-state index in [-0.39, 0.29) is 23.5 Å². The van der Waals surface area contributed by atoms with Crippen molar-refractivity contribution in [2.24, 2.45) is 5.92 Å². The summed E-state index contributed by atoms with van der Waals surface area (Å²) in [6.45, 7) is 2.48. The molecule has 2 N–H and O–H groups in total. The Labute approximate surface area is 145 Å². The van der Waals surface area contributed by atoms with E-state index in [2.05, 4.69) is 18.0 Å². The number of aliphatic hydroxyl groups is 2. The average Bonchev–Trinajstić information content (AvgIpc) is 2.93. The van der Waals surface area contributed by atoms with Crippen molar-refractivity contribution in [1.82, 2.24) is 4.90 Å². The van der Waals surface area contributed by atoms with Crippen LogP contribution in [0.3, 0.4) is 0 Å². The van der Waals surface area contributed by atoms with Gasteiger partial charge >= 0.3 is 0 Å². The molecule has 25 heavy (non-hydrogen) atoms. The number of nitriles is 1. The van der Waals surface area contributed by atoms with Crippen molar-refractivity contribution in [1.29, 1.82) is 5.26 Å². The summed E-state index contributed by atoms with van der Waals surface area (Å²) in [5.74, 6) is 0.765. The maximum atomic E-state index is 11.0. The fraction of sp³-hybridized carbons (Fsp3) is 0.526. The second-order valence-electron chi connectivity index (χ2n) is 7.81. The molecule has 1 aromatic carbocycles. The molecule has 1 spiro atoms. The van der Waals surface area contributed by atoms with Gasteiger partial charge in [-0.2, -0.15) is 0 Å². The number of benzene rings is 1. The summed E-state index contributed by atoms with van der Waals surface area (Å²) in [6.07, 6.45) is 4.52. The van der Waals surface area contributed by atoms with Crippen molar-refractivity contribution in [2.75, 3.05) is 13.6 Å². The largest absolute Gasteiger partial charge is 0.509 e. The summed E-state index contributed by atoms with van der Waals surface area (Å²) >= 11 is 0. The average molecular weight is 339 g/mol. The first kappa shape index (κ1) is 15.1. The zero-order chi connectivity index (χ0) is 17.6. The van der Waals surface area contributed by atoms with Gasteiger partial charge in [0.15, 0.2) is 17.1 Å². The van der Waals surface area contributed by atoms with Crippen LogP contribution >= 0.6 is 0 Å². The number of ether oxygens (including phenoxy) is 2. The standard InChI is InChI=1S/C19H19N2O4/c1-18(23)14(22)8-11-12-7-10-3-4-13(24-9-20)16-15(10)19(11,17(18)25-16)5-6-21(12)2/h3,8,11-12,17,22-23H,5-7H2,1-2H3/t11-,12+,17-,18-,19-/m0/s1. The van der Waals surface area contributed by atoms with Crippen LogP contribution in [0.25, 0.3) is 0 Å². The Morgan fingerprint density at radius 1 is 1.52 bits per heavy atom. The van der Waals surface area contributed by atoms with Gasteiger partial charge in [0.25, 0.3) is 6.26 Å². The van der Waals surface area contributed by atoms with Crippen molar-refractivity contribution in [3.63, 3.8) is 0 Å². The summed E-state index contributed by atoms with van der Waals surface area (Å²) in [7, 11) is 2.10. The van der Waals surface area contributed by atoms with Gasteiger partial charge in [0.2, 0.25) is 0 Å². The third kappa shape index (κ3) is 1.56. The molecule has 2 aliphatic carbocycles. The predicted molar refractivity (Wildman–Crippen MR) is 87.2 cm³/mol. The van der Waals surface area contributed by atoms with Gasteiger partial charge in [-0.25, -0.2) is 0 Å². The Kier molecular flexibility index (Phi) is 2.70. The third-order valence-electron chi connectivity index (χ3n) is 6.70. The number of nitrogens with zero attached hydrogens (tertiary/aromatic N) is 2. The lowest BCUT2D eigenvalue weighted by molar-refractivity contribution is -0.114. The fourth-order valence-electron chi connectivity index (χ4n) is 5.58. The summed E-state index contributed by atoms with van der Waals surface area (Å²) < 4.78 is 11.3. The molecule has 1 fully saturated rings. The molecule has 0 saturated carbocycles. The van der Waals surface area contributed by atoms with E-state index < -0.39 is 17.1 Å². The highest BCUT2D eigenvalue weighted by atomic mass is 16.5. The van der Waals surface area contributed by atoms with Crippen molar-refractivity contribution in [3.05, 3.63) is 35.1 Å². The van der Waals surface area contributed by atoms with Crippen molar-refractivity contribution in [3.8, 4) is 17.8 Å². The van der Waals surface area contributed by atoms with E-state index in [1.54, 1.807) is 13.2 Å². The minimum Gasteiger partial charge on any atom is -0.509 e. The van der Waals surface area contributed by atoms with Gasteiger partial charge in [-0.05, 0) is 51.1 Å². The molecular formula is C19H19N2O4. The number of likely N-dealkylation sites (N-methyl/N-ethyl adjacent to an activating group) is 1. The molecule has 1 saturated heterocycles. The zero-order valence-electron chi connectivity index (χ0n) is 14.1. The minimum atomic E-state index is -1.49. The lowest BCUT2D eigenvalue weighted by Gasteiger charge is -2.58. The smallest absolute Gasteiger partial charge is 0.292 e. The van der Waals surface area contributed by atoms with E-state index in [9.17, 15) is 10.2 Å². The van der Waals surface area contributed by atoms with Crippen LogP contribution in [0.4, 0.5) is 0 Å². The maximum Gasteiger partial charge on any atom is 0.292 e. The van der Waals surface area contributed by atoms with Crippen molar-refractivity contribution < 1.29 is 19.7 Å². The lowest BCUT2D eigenvalue weighted by atomic mass is 9.51. The summed E-state index contributed by atoms with van der Waals surface area (Å²) in [4.78, 5) is 2.32. The normalized spacial score (nSPS) is 40.6. The van der Waals surface area contributed by atoms with E-state index in [1.165, 1.54) is 0 Å². The molecule has 0 unspecified atom stereocenters. The Hall–Kier alpha value is -2.23. The second-order valence-corrected chi connectivity index (χ2v) is 7.81. The van der Waals surface area contributed by atoms with E-state index in [0.717, 1.165) is 30.5 Å². The molecule has 5 atom stereocenters. The van der Waals surface area contributed by atoms with Gasteiger partial charge in [-0.1, -0.05) is 0 Å². The Bertz CT molecular complexity index is 856. The summed E-state index contributed by atoms with van der Waals surface area (Å²) in [5.41, 5.74) is 0.244. The Morgan fingerprint density at radius 2 is 2.32 bits per heavy atom. The molecule has 1 aromatic rings. The molecule has 1 radical (unpaired) electrons. The molecule has 6 heteroatoms. The molecule has 2 heterocycles. The number of hydrogen-bond donors (Lipinski definition) is 2. The Morgan fingerprint density at radius 3 is 3.08 bits per heavy atom. The van der Waals surface area contributed by atoms with Crippen molar-refractivity contribution in [2.45, 2.75) is 42.9 Å². The molecule has 0 amide bonds. The first-order chi connectivity index (χ1) is 11.9. The first-order valence-corrected chi connectivity index (χ1v) is 8.55. The zero-order valence-corrected chi connectivity index (χ0v) is 14.1. The number of hydrogen-bond acceptors (Lipinski definition) is 6. The van der Waals surface area contributed by atoms with Crippen LogP contribution in [0.5, 0.6) is 11.5 Å². The van der Waals surface area contributed by atoms with Gasteiger partial charge in [0, 0.05) is 29.0 Å². The van der Waals surface area contributed by atoms with Crippen molar-refractivity contribution >= 4 is 0 Å². The van der Waals surface area contributed by atoms with Crippen LogP contribution in [0.1, 0.15) is 24.5 Å². The van der Waals surface area contributed by atoms with Crippen LogP contribution < -0.4 is 9.47 Å². The molecule has 2 aliphatic heterocycles. The van der Waals surface area contributed by atoms with Gasteiger partial charge < -0.3 is 24.6 Å². The Balaban J connectivity index is 1.83. The number of piperidine rings is 1. The lowest BCUT2D eigenvalue weighted by Crippen LogP contribution is -2.68. The maximum absolute atomic E-state index is 11.0. The molecular weight excluding hydrogens is 320 g/mol. The molecule has 2 bridgehead atoms. The van der Waals surface area contributed by atoms with E-state index in [0.29, 0.717) is 5.75 Å². The van der Waals surface area contributed by atoms with Crippen LogP contribution in [0, 0.1) is 23.5 Å². The van der Waals surface area contributed by atoms with Gasteiger partial charge in [0.05, 0.1) is 0 Å². The topological polar surface area (TPSA) is 86.0 Å². The minimum absolute atomic E-state index is 0.0404. The number of likely N-dealkylation sites (tertiary alicyclic amines) is 1. The molecule has 5 rings (SSSR count). The molecule has 129 valence electrons. The molecule has 0 aromatic heterocycles. The van der Waals surface area contributed by atoms with E-state index in [4.69, 9.17) is 14.7 Å².